The Kier molecular flexibility index (Phi) is 6.93. The second kappa shape index (κ2) is 10.2. The maximum Gasteiger partial charge on any atom is 0.331 e. The van der Waals surface area contributed by atoms with Crippen molar-refractivity contribution in [2.24, 2.45) is 0 Å². The molecule has 1 saturated carbocycles. The van der Waals surface area contributed by atoms with Crippen LogP contribution in [0, 0.1) is 11.3 Å². The summed E-state index contributed by atoms with van der Waals surface area (Å²) in [6, 6.07) is 13.5. The first-order chi connectivity index (χ1) is 16.5. The summed E-state index contributed by atoms with van der Waals surface area (Å²) in [5.74, 6) is -0.425. The van der Waals surface area contributed by atoms with Crippen molar-refractivity contribution in [3.05, 3.63) is 64.7 Å². The van der Waals surface area contributed by atoms with Crippen LogP contribution in [0.25, 0.3) is 6.08 Å². The first-order valence-corrected chi connectivity index (χ1v) is 11.2. The van der Waals surface area contributed by atoms with E-state index in [1.807, 2.05) is 12.1 Å². The highest BCUT2D eigenvalue weighted by atomic mass is 16.5. The maximum atomic E-state index is 13.1. The summed E-state index contributed by atoms with van der Waals surface area (Å²) >= 11 is 0. The van der Waals surface area contributed by atoms with Crippen molar-refractivity contribution in [1.82, 2.24) is 10.2 Å². The average molecular weight is 460 g/mol. The van der Waals surface area contributed by atoms with E-state index < -0.39 is 17.8 Å². The summed E-state index contributed by atoms with van der Waals surface area (Å²) in [5.41, 5.74) is 1.74. The second-order valence-corrected chi connectivity index (χ2v) is 8.25. The highest BCUT2D eigenvalue weighted by Gasteiger charge is 2.40. The Labute approximate surface area is 197 Å². The van der Waals surface area contributed by atoms with Crippen LogP contribution in [-0.4, -0.2) is 35.9 Å². The molecule has 4 amide bonds. The van der Waals surface area contributed by atoms with Gasteiger partial charge in [-0.2, -0.15) is 5.26 Å². The summed E-state index contributed by atoms with van der Waals surface area (Å²) < 4.78 is 11.3. The fourth-order valence-electron chi connectivity index (χ4n) is 4.31. The number of nitrogens with one attached hydrogen (secondary N) is 1. The van der Waals surface area contributed by atoms with E-state index in [4.69, 9.17) is 9.47 Å². The third-order valence-corrected chi connectivity index (χ3v) is 6.09. The topological polar surface area (TPSA) is 109 Å². The normalized spacial score (nSPS) is 17.9. The molecule has 2 aromatic carbocycles. The molecular weight excluding hydrogens is 434 g/mol. The highest BCUT2D eigenvalue weighted by molar-refractivity contribution is 6.31. The van der Waals surface area contributed by atoms with Crippen molar-refractivity contribution in [3.63, 3.8) is 0 Å². The van der Waals surface area contributed by atoms with E-state index in [0.29, 0.717) is 22.6 Å². The average Bonchev–Trinajstić information content (AvgIpc) is 2.86. The number of hydrogen-bond acceptors (Lipinski definition) is 6. The number of ether oxygens (including phenoxy) is 2. The molecule has 1 aliphatic carbocycles. The van der Waals surface area contributed by atoms with E-state index in [1.165, 1.54) is 18.1 Å². The van der Waals surface area contributed by atoms with Crippen molar-refractivity contribution >= 4 is 23.9 Å². The molecular formula is C26H25N3O5. The number of methoxy groups -OCH3 is 1. The van der Waals surface area contributed by atoms with Crippen LogP contribution in [-0.2, 0) is 16.2 Å². The molecule has 0 spiro atoms. The lowest BCUT2D eigenvalue weighted by atomic mass is 9.93. The molecule has 34 heavy (non-hydrogen) atoms. The Morgan fingerprint density at radius 2 is 1.85 bits per heavy atom. The lowest BCUT2D eigenvalue weighted by molar-refractivity contribution is -0.132. The molecule has 0 atom stereocenters. The van der Waals surface area contributed by atoms with Crippen molar-refractivity contribution in [2.45, 2.75) is 44.8 Å². The van der Waals surface area contributed by atoms with Gasteiger partial charge in [0.1, 0.15) is 12.2 Å². The molecule has 174 valence electrons. The number of benzene rings is 2. The fraction of sp³-hybridized carbons (Fsp3) is 0.308. The Morgan fingerprint density at radius 3 is 2.59 bits per heavy atom. The summed E-state index contributed by atoms with van der Waals surface area (Å²) in [6.45, 7) is 0.180. The Bertz CT molecular complexity index is 1190. The number of imide groups is 2. The van der Waals surface area contributed by atoms with E-state index in [0.717, 1.165) is 37.7 Å². The van der Waals surface area contributed by atoms with Crippen LogP contribution < -0.4 is 14.8 Å². The monoisotopic (exact) mass is 459 g/mol. The predicted octanol–water partition coefficient (Wildman–Crippen LogP) is 3.94. The standard InChI is InChI=1S/C26H25N3O5/c1-33-23-14-17(11-12-22(23)34-16-19-8-6-5-7-18(19)15-27)13-21-24(30)28-26(32)29(25(21)31)20-9-3-2-4-10-20/h5-8,11-14,20H,2-4,9-10,16H2,1H3,(H,28,30,32). The zero-order valence-electron chi connectivity index (χ0n) is 18.9. The molecule has 0 aromatic heterocycles. The molecule has 1 saturated heterocycles. The van der Waals surface area contributed by atoms with Gasteiger partial charge < -0.3 is 9.47 Å². The summed E-state index contributed by atoms with van der Waals surface area (Å²) in [4.78, 5) is 39.1. The van der Waals surface area contributed by atoms with Crippen molar-refractivity contribution < 1.29 is 23.9 Å². The lowest BCUT2D eigenvalue weighted by Crippen LogP contribution is -2.58. The molecule has 8 heteroatoms. The molecule has 2 fully saturated rings. The van der Waals surface area contributed by atoms with Crippen LogP contribution in [0.2, 0.25) is 0 Å². The zero-order valence-corrected chi connectivity index (χ0v) is 18.9. The van der Waals surface area contributed by atoms with Crippen LogP contribution in [0.5, 0.6) is 11.5 Å². The number of urea groups is 1. The Balaban J connectivity index is 1.56. The number of nitriles is 1. The van der Waals surface area contributed by atoms with Gasteiger partial charge in [-0.25, -0.2) is 4.79 Å². The van der Waals surface area contributed by atoms with E-state index in [2.05, 4.69) is 11.4 Å². The van der Waals surface area contributed by atoms with E-state index in [9.17, 15) is 19.6 Å². The number of barbiturate groups is 1. The molecule has 2 aromatic rings. The van der Waals surface area contributed by atoms with Crippen molar-refractivity contribution in [2.75, 3.05) is 7.11 Å². The first kappa shape index (κ1) is 23.1. The minimum atomic E-state index is -0.713. The lowest BCUT2D eigenvalue weighted by Gasteiger charge is -2.35. The smallest absolute Gasteiger partial charge is 0.331 e. The van der Waals surface area contributed by atoms with Crippen LogP contribution in [0.3, 0.4) is 0 Å². The number of amides is 4. The molecule has 0 bridgehead atoms. The fourth-order valence-corrected chi connectivity index (χ4v) is 4.31. The van der Waals surface area contributed by atoms with Gasteiger partial charge in [-0.15, -0.1) is 0 Å². The minimum absolute atomic E-state index is 0.0937. The van der Waals surface area contributed by atoms with Gasteiger partial charge in [0, 0.05) is 11.6 Å². The minimum Gasteiger partial charge on any atom is -0.493 e. The third kappa shape index (κ3) is 4.79. The van der Waals surface area contributed by atoms with Gasteiger partial charge in [0.2, 0.25) is 0 Å². The zero-order chi connectivity index (χ0) is 24.1. The molecule has 1 N–H and O–H groups in total. The van der Waals surface area contributed by atoms with Crippen LogP contribution in [0.4, 0.5) is 4.79 Å². The molecule has 4 rings (SSSR count). The number of carbonyl (C=O) groups excluding carboxylic acids is 3. The van der Waals surface area contributed by atoms with Gasteiger partial charge in [-0.05, 0) is 42.7 Å². The SMILES string of the molecule is COc1cc(C=C2C(=O)NC(=O)N(C3CCCCC3)C2=O)ccc1OCc1ccccc1C#N. The largest absolute Gasteiger partial charge is 0.493 e. The van der Waals surface area contributed by atoms with E-state index >= 15 is 0 Å². The summed E-state index contributed by atoms with van der Waals surface area (Å²) in [5, 5.41) is 11.5. The van der Waals surface area contributed by atoms with Crippen molar-refractivity contribution in [3.8, 4) is 17.6 Å². The van der Waals surface area contributed by atoms with Gasteiger partial charge in [0.15, 0.2) is 11.5 Å². The van der Waals surface area contributed by atoms with Crippen LogP contribution in [0.15, 0.2) is 48.0 Å². The molecule has 8 nitrogen and oxygen atoms in total. The van der Waals surface area contributed by atoms with E-state index in [1.54, 1.807) is 30.3 Å². The Hall–Kier alpha value is -4.12. The number of carbonyl (C=O) groups is 3. The third-order valence-electron chi connectivity index (χ3n) is 6.09. The van der Waals surface area contributed by atoms with Gasteiger partial charge in [0.05, 0.1) is 18.7 Å². The predicted molar refractivity (Wildman–Crippen MR) is 124 cm³/mol. The molecule has 2 aliphatic rings. The van der Waals surface area contributed by atoms with Crippen LogP contribution in [0.1, 0.15) is 48.8 Å². The second-order valence-electron chi connectivity index (χ2n) is 8.25. The van der Waals surface area contributed by atoms with Gasteiger partial charge in [-0.1, -0.05) is 43.5 Å². The number of hydrogen-bond donors (Lipinski definition) is 1. The summed E-state index contributed by atoms with van der Waals surface area (Å²) in [7, 11) is 1.49. The van der Waals surface area contributed by atoms with Crippen LogP contribution >= 0.6 is 0 Å². The number of nitrogens with zero attached hydrogens (tertiary/aromatic N) is 2. The molecule has 0 unspecified atom stereocenters. The van der Waals surface area contributed by atoms with Gasteiger partial charge in [0.25, 0.3) is 11.8 Å². The highest BCUT2D eigenvalue weighted by Crippen LogP contribution is 2.31. The van der Waals surface area contributed by atoms with Crippen molar-refractivity contribution in [1.29, 1.82) is 5.26 Å². The molecule has 0 radical (unpaired) electrons. The Morgan fingerprint density at radius 1 is 1.09 bits per heavy atom. The van der Waals surface area contributed by atoms with Gasteiger partial charge in [-0.3, -0.25) is 19.8 Å². The quantitative estimate of drug-likeness (QED) is 0.518. The summed E-state index contributed by atoms with van der Waals surface area (Å²) in [6.07, 6.45) is 5.93. The van der Waals surface area contributed by atoms with Gasteiger partial charge >= 0.3 is 6.03 Å². The first-order valence-electron chi connectivity index (χ1n) is 11.2. The van der Waals surface area contributed by atoms with E-state index in [-0.39, 0.29) is 18.2 Å². The number of rotatable bonds is 6. The maximum absolute atomic E-state index is 13.1. The molecule has 1 aliphatic heterocycles. The molecule has 1 heterocycles.